The second-order valence-electron chi connectivity index (χ2n) is 1.83. The number of carbonyl (C=O) groups is 1. The molecule has 0 aromatic rings. The summed E-state index contributed by atoms with van der Waals surface area (Å²) >= 11 is 1.32. The van der Waals surface area contributed by atoms with E-state index < -0.39 is 0 Å². The van der Waals surface area contributed by atoms with Crippen LogP contribution < -0.4 is 0 Å². The van der Waals surface area contributed by atoms with Crippen molar-refractivity contribution in [1.82, 2.24) is 0 Å². The standard InChI is InChI=1S/C6H12OS/c1-4-5(2)6(7)8-3/h5H,4H2,1-3H3/t5-/m1/s1. The minimum absolute atomic E-state index is 0.241. The van der Waals surface area contributed by atoms with E-state index in [-0.39, 0.29) is 5.92 Å². The van der Waals surface area contributed by atoms with Crippen LogP contribution >= 0.6 is 11.8 Å². The largest absolute Gasteiger partial charge is 0.287 e. The van der Waals surface area contributed by atoms with Gasteiger partial charge in [-0.1, -0.05) is 25.6 Å². The third kappa shape index (κ3) is 2.36. The Balaban J connectivity index is 3.46. The van der Waals surface area contributed by atoms with E-state index in [1.807, 2.05) is 20.1 Å². The lowest BCUT2D eigenvalue weighted by atomic mass is 10.1. The molecule has 0 aromatic heterocycles. The van der Waals surface area contributed by atoms with E-state index in [0.29, 0.717) is 5.12 Å². The van der Waals surface area contributed by atoms with Crippen LogP contribution in [0.4, 0.5) is 0 Å². The Morgan fingerprint density at radius 1 is 1.75 bits per heavy atom. The summed E-state index contributed by atoms with van der Waals surface area (Å²) in [5.74, 6) is 0.241. The van der Waals surface area contributed by atoms with Gasteiger partial charge in [-0.05, 0) is 12.7 Å². The predicted octanol–water partition coefficient (Wildman–Crippen LogP) is 1.92. The van der Waals surface area contributed by atoms with Crippen LogP contribution in [0.25, 0.3) is 0 Å². The third-order valence-corrected chi connectivity index (χ3v) is 2.02. The molecular formula is C6H12OS. The number of hydrogen-bond donors (Lipinski definition) is 0. The van der Waals surface area contributed by atoms with Crippen LogP contribution in [0, 0.1) is 5.92 Å². The maximum atomic E-state index is 10.7. The summed E-state index contributed by atoms with van der Waals surface area (Å²) in [7, 11) is 0. The van der Waals surface area contributed by atoms with Gasteiger partial charge < -0.3 is 0 Å². The number of carbonyl (C=O) groups excluding carboxylic acids is 1. The van der Waals surface area contributed by atoms with Crippen molar-refractivity contribution < 1.29 is 4.79 Å². The molecule has 0 amide bonds. The molecule has 1 atom stereocenters. The van der Waals surface area contributed by atoms with E-state index >= 15 is 0 Å². The minimum atomic E-state index is 0.241. The number of rotatable bonds is 2. The smallest absolute Gasteiger partial charge is 0.191 e. The molecule has 0 spiro atoms. The van der Waals surface area contributed by atoms with Crippen LogP contribution in [-0.4, -0.2) is 11.4 Å². The van der Waals surface area contributed by atoms with E-state index in [0.717, 1.165) is 6.42 Å². The van der Waals surface area contributed by atoms with E-state index in [1.165, 1.54) is 11.8 Å². The second kappa shape index (κ2) is 3.96. The monoisotopic (exact) mass is 132 g/mol. The molecule has 0 saturated heterocycles. The van der Waals surface area contributed by atoms with Gasteiger partial charge in [0.25, 0.3) is 0 Å². The van der Waals surface area contributed by atoms with Gasteiger partial charge in [0.1, 0.15) is 0 Å². The molecule has 0 aliphatic carbocycles. The fourth-order valence-corrected chi connectivity index (χ4v) is 0.937. The average Bonchev–Trinajstić information content (AvgIpc) is 1.84. The van der Waals surface area contributed by atoms with Crippen LogP contribution in [0.3, 0.4) is 0 Å². The summed E-state index contributed by atoms with van der Waals surface area (Å²) in [6.45, 7) is 3.98. The Labute approximate surface area is 54.8 Å². The molecule has 0 aliphatic rings. The van der Waals surface area contributed by atoms with Gasteiger partial charge in [0, 0.05) is 5.92 Å². The van der Waals surface area contributed by atoms with Gasteiger partial charge >= 0.3 is 0 Å². The number of thioether (sulfide) groups is 1. The zero-order chi connectivity index (χ0) is 6.57. The summed E-state index contributed by atoms with van der Waals surface area (Å²) in [5.41, 5.74) is 0. The molecule has 0 fully saturated rings. The van der Waals surface area contributed by atoms with E-state index in [2.05, 4.69) is 0 Å². The van der Waals surface area contributed by atoms with E-state index in [9.17, 15) is 4.79 Å². The van der Waals surface area contributed by atoms with E-state index in [1.54, 1.807) is 0 Å². The lowest BCUT2D eigenvalue weighted by Crippen LogP contribution is -2.03. The highest BCUT2D eigenvalue weighted by molar-refractivity contribution is 8.13. The van der Waals surface area contributed by atoms with Gasteiger partial charge in [-0.25, -0.2) is 0 Å². The van der Waals surface area contributed by atoms with Gasteiger partial charge in [-0.2, -0.15) is 0 Å². The molecule has 0 unspecified atom stereocenters. The zero-order valence-electron chi connectivity index (χ0n) is 5.60. The molecule has 1 nitrogen and oxygen atoms in total. The van der Waals surface area contributed by atoms with Crippen LogP contribution in [0.1, 0.15) is 20.3 Å². The van der Waals surface area contributed by atoms with Crippen molar-refractivity contribution in [3.63, 3.8) is 0 Å². The molecule has 48 valence electrons. The highest BCUT2D eigenvalue weighted by Gasteiger charge is 2.06. The Morgan fingerprint density at radius 2 is 2.25 bits per heavy atom. The second-order valence-corrected chi connectivity index (χ2v) is 2.64. The first-order valence-electron chi connectivity index (χ1n) is 2.80. The van der Waals surface area contributed by atoms with Crippen molar-refractivity contribution in [3.05, 3.63) is 0 Å². The highest BCUT2D eigenvalue weighted by Crippen LogP contribution is 2.09. The van der Waals surface area contributed by atoms with Crippen molar-refractivity contribution in [1.29, 1.82) is 0 Å². The first-order chi connectivity index (χ1) is 3.72. The highest BCUT2D eigenvalue weighted by atomic mass is 32.2. The summed E-state index contributed by atoms with van der Waals surface area (Å²) < 4.78 is 0. The molecule has 0 rings (SSSR count). The van der Waals surface area contributed by atoms with Crippen molar-refractivity contribution in [3.8, 4) is 0 Å². The van der Waals surface area contributed by atoms with Gasteiger partial charge in [-0.15, -0.1) is 0 Å². The molecule has 0 aliphatic heterocycles. The predicted molar refractivity (Wildman–Crippen MR) is 38.0 cm³/mol. The molecule has 0 aromatic carbocycles. The molecule has 0 radical (unpaired) electrons. The molecule has 2 heteroatoms. The summed E-state index contributed by atoms with van der Waals surface area (Å²) in [5, 5.41) is 0.299. The maximum Gasteiger partial charge on any atom is 0.191 e. The Bertz CT molecular complexity index is 80.6. The summed E-state index contributed by atoms with van der Waals surface area (Å²) in [6, 6.07) is 0. The van der Waals surface area contributed by atoms with Gasteiger partial charge in [0.15, 0.2) is 5.12 Å². The fraction of sp³-hybridized carbons (Fsp3) is 0.833. The van der Waals surface area contributed by atoms with Crippen LogP contribution in [0.15, 0.2) is 0 Å². The minimum Gasteiger partial charge on any atom is -0.287 e. The quantitative estimate of drug-likeness (QED) is 0.571. The maximum absolute atomic E-state index is 10.7. The third-order valence-electron chi connectivity index (χ3n) is 1.22. The SMILES string of the molecule is CC[C@@H](C)C(=O)SC. The molecule has 0 N–H and O–H groups in total. The normalized spacial score (nSPS) is 13.4. The van der Waals surface area contributed by atoms with Gasteiger partial charge in [0.05, 0.1) is 0 Å². The van der Waals surface area contributed by atoms with Crippen molar-refractivity contribution in [2.24, 2.45) is 5.92 Å². The Hall–Kier alpha value is 0.0200. The van der Waals surface area contributed by atoms with Gasteiger partial charge in [0.2, 0.25) is 0 Å². The first-order valence-corrected chi connectivity index (χ1v) is 4.02. The lowest BCUT2D eigenvalue weighted by molar-refractivity contribution is -0.113. The molecule has 0 saturated carbocycles. The lowest BCUT2D eigenvalue weighted by Gasteiger charge is -2.01. The van der Waals surface area contributed by atoms with Crippen molar-refractivity contribution in [2.75, 3.05) is 6.26 Å². The van der Waals surface area contributed by atoms with Crippen molar-refractivity contribution in [2.45, 2.75) is 20.3 Å². The topological polar surface area (TPSA) is 17.1 Å². The molecule has 0 bridgehead atoms. The van der Waals surface area contributed by atoms with Gasteiger partial charge in [-0.3, -0.25) is 4.79 Å². The van der Waals surface area contributed by atoms with E-state index in [4.69, 9.17) is 0 Å². The van der Waals surface area contributed by atoms with Crippen molar-refractivity contribution >= 4 is 16.9 Å². The Morgan fingerprint density at radius 3 is 2.38 bits per heavy atom. The van der Waals surface area contributed by atoms with Crippen LogP contribution in [0.5, 0.6) is 0 Å². The Kier molecular flexibility index (Phi) is 3.97. The fourth-order valence-electron chi connectivity index (χ4n) is 0.368. The number of hydrogen-bond acceptors (Lipinski definition) is 2. The van der Waals surface area contributed by atoms with Crippen LogP contribution in [0.2, 0.25) is 0 Å². The zero-order valence-corrected chi connectivity index (χ0v) is 6.42. The summed E-state index contributed by atoms with van der Waals surface area (Å²) in [4.78, 5) is 10.7. The molecule has 0 heterocycles. The molecular weight excluding hydrogens is 120 g/mol. The average molecular weight is 132 g/mol. The molecule has 8 heavy (non-hydrogen) atoms. The van der Waals surface area contributed by atoms with Crippen LogP contribution in [-0.2, 0) is 4.79 Å². The first kappa shape index (κ1) is 8.02. The summed E-state index contributed by atoms with van der Waals surface area (Å²) in [6.07, 6.45) is 2.79.